The van der Waals surface area contributed by atoms with Gasteiger partial charge in [0.1, 0.15) is 56.7 Å². The van der Waals surface area contributed by atoms with Gasteiger partial charge in [-0.05, 0) is 71.8 Å². The standard InChI is InChI=1S/C49H37N5O14S3/c55-24-1-5-29-35(15-24)67-36-16-25(56)2-6-30(36)40(29)28-7-4-27(18-31(28)48(63)64)70-21-38(59)51-42-46(62)54-43(49(65)66)23(20-71-47(42)54)19-69-22-39(60)52-11-13-53(14-12-52)45(61)41-34(58)10-9-33-44(41)68-37-17-26(57)3-8-32(37)50-33/h1-10,15-18,42,47,55,58H,11-14,19-22H2,(H,51,59)(H,63,64)(H,65,66). The lowest BCUT2D eigenvalue weighted by molar-refractivity contribution is -0.150. The van der Waals surface area contributed by atoms with Gasteiger partial charge in [0.25, 0.3) is 11.8 Å². The number of phenolic OH excluding ortho intramolecular Hbond substituents is 2. The van der Waals surface area contributed by atoms with E-state index < -0.39 is 41.1 Å². The van der Waals surface area contributed by atoms with Crippen LogP contribution in [0.15, 0.2) is 120 Å². The Morgan fingerprint density at radius 3 is 2.27 bits per heavy atom. The fourth-order valence-electron chi connectivity index (χ4n) is 8.85. The second-order valence-corrected chi connectivity index (χ2v) is 19.8. The van der Waals surface area contributed by atoms with Gasteiger partial charge >= 0.3 is 11.9 Å². The topological polar surface area (TPSA) is 278 Å². The molecule has 2 saturated heterocycles. The number of hydrogen-bond acceptors (Lipinski definition) is 16. The van der Waals surface area contributed by atoms with Crippen molar-refractivity contribution in [2.24, 2.45) is 0 Å². The van der Waals surface area contributed by atoms with E-state index in [9.17, 15) is 58.8 Å². The predicted molar refractivity (Wildman–Crippen MR) is 262 cm³/mol. The van der Waals surface area contributed by atoms with E-state index >= 15 is 0 Å². The first-order valence-electron chi connectivity index (χ1n) is 21.7. The summed E-state index contributed by atoms with van der Waals surface area (Å²) >= 11 is 3.50. The molecule has 5 N–H and O–H groups in total. The highest BCUT2D eigenvalue weighted by molar-refractivity contribution is 8.01. The number of piperazine rings is 1. The number of carbonyl (C=O) groups excluding carboxylic acids is 4. The van der Waals surface area contributed by atoms with Crippen LogP contribution in [0.5, 0.6) is 11.5 Å². The number of aromatic nitrogens is 1. The number of carboxylic acid groups (broad SMARTS) is 2. The van der Waals surface area contributed by atoms with Crippen molar-refractivity contribution in [3.05, 3.63) is 128 Å². The average molecular weight is 1020 g/mol. The minimum absolute atomic E-state index is 0.00610. The fourth-order valence-corrected chi connectivity index (χ4v) is 12.0. The van der Waals surface area contributed by atoms with Gasteiger partial charge in [-0.3, -0.25) is 33.7 Å². The molecule has 0 bridgehead atoms. The number of thioether (sulfide) groups is 3. The molecule has 360 valence electrons. The van der Waals surface area contributed by atoms with Crippen molar-refractivity contribution in [3.63, 3.8) is 0 Å². The van der Waals surface area contributed by atoms with Crippen LogP contribution in [0.25, 0.3) is 56.0 Å². The minimum Gasteiger partial charge on any atom is -0.508 e. The Morgan fingerprint density at radius 1 is 0.775 bits per heavy atom. The van der Waals surface area contributed by atoms with Crippen LogP contribution < -0.4 is 16.2 Å². The number of benzene rings is 5. The van der Waals surface area contributed by atoms with Crippen LogP contribution in [0.2, 0.25) is 0 Å². The number of aromatic carboxylic acids is 1. The smallest absolute Gasteiger partial charge is 0.352 e. The van der Waals surface area contributed by atoms with Gasteiger partial charge in [0.05, 0.1) is 17.1 Å². The molecule has 2 aliphatic carbocycles. The molecular formula is C49H37N5O14S3. The van der Waals surface area contributed by atoms with Crippen molar-refractivity contribution in [2.45, 2.75) is 16.3 Å². The maximum atomic E-state index is 13.7. The molecule has 0 spiro atoms. The third-order valence-corrected chi connectivity index (χ3v) is 15.6. The van der Waals surface area contributed by atoms with E-state index in [1.165, 1.54) is 89.1 Å². The Labute approximate surface area is 412 Å². The van der Waals surface area contributed by atoms with Crippen LogP contribution in [0.1, 0.15) is 20.7 Å². The van der Waals surface area contributed by atoms with E-state index in [1.807, 2.05) is 0 Å². The number of nitrogens with one attached hydrogen (secondary N) is 1. The molecule has 0 aromatic heterocycles. The molecule has 10 rings (SSSR count). The number of fused-ring (bicyclic) bond motifs is 5. The summed E-state index contributed by atoms with van der Waals surface area (Å²) in [4.78, 5) is 112. The number of phenols is 2. The van der Waals surface area contributed by atoms with E-state index in [0.29, 0.717) is 43.8 Å². The molecular weight excluding hydrogens is 979 g/mol. The molecule has 71 heavy (non-hydrogen) atoms. The summed E-state index contributed by atoms with van der Waals surface area (Å²) < 4.78 is 11.8. The third kappa shape index (κ3) is 8.89. The highest BCUT2D eigenvalue weighted by Gasteiger charge is 2.54. The first kappa shape index (κ1) is 46.9. The molecule has 3 aromatic carbocycles. The van der Waals surface area contributed by atoms with Crippen LogP contribution in [-0.2, 0) is 19.2 Å². The number of aromatic hydroxyl groups is 2. The van der Waals surface area contributed by atoms with E-state index in [2.05, 4.69) is 10.3 Å². The second kappa shape index (κ2) is 18.8. The highest BCUT2D eigenvalue weighted by atomic mass is 32.2. The van der Waals surface area contributed by atoms with E-state index in [-0.39, 0.29) is 117 Å². The maximum absolute atomic E-state index is 13.7. The molecule has 19 nitrogen and oxygen atoms in total. The molecule has 4 amide bonds. The SMILES string of the molecule is O=C(CSc1ccc(-c2c3ccc(=O)cc-3oc3cc(O)ccc23)c(C(=O)O)c1)NC1C(=O)N2C(C(=O)O)=C(CSCC(=O)N3CCN(C(=O)c4c(O)ccc5nc6ccc(=O)cc-6oc45)CC3)CSC12. The number of nitrogens with zero attached hydrogens (tertiary/aromatic N) is 4. The quantitative estimate of drug-likeness (QED) is 0.0623. The van der Waals surface area contributed by atoms with Gasteiger partial charge in [0, 0.05) is 77.3 Å². The van der Waals surface area contributed by atoms with Gasteiger partial charge in [-0.15, -0.1) is 35.3 Å². The van der Waals surface area contributed by atoms with Crippen molar-refractivity contribution in [1.29, 1.82) is 0 Å². The molecule has 2 fully saturated rings. The zero-order chi connectivity index (χ0) is 49.8. The van der Waals surface area contributed by atoms with E-state index in [4.69, 9.17) is 8.83 Å². The largest absolute Gasteiger partial charge is 0.508 e. The van der Waals surface area contributed by atoms with Gasteiger partial charge in [0.2, 0.25) is 11.8 Å². The van der Waals surface area contributed by atoms with Crippen LogP contribution in [0, 0.1) is 0 Å². The lowest BCUT2D eigenvalue weighted by Gasteiger charge is -2.49. The number of hydrogen-bond donors (Lipinski definition) is 5. The van der Waals surface area contributed by atoms with Crippen molar-refractivity contribution in [3.8, 4) is 45.4 Å². The number of β-lactam (4-membered cyclic amide) rings is 1. The number of amides is 4. The first-order valence-corrected chi connectivity index (χ1v) is 24.9. The van der Waals surface area contributed by atoms with Gasteiger partial charge in [-0.2, -0.15) is 0 Å². The molecule has 2 unspecified atom stereocenters. The molecule has 5 heterocycles. The molecule has 0 saturated carbocycles. The van der Waals surface area contributed by atoms with Gasteiger partial charge in [-0.25, -0.2) is 14.6 Å². The summed E-state index contributed by atoms with van der Waals surface area (Å²) in [6, 6.07) is 19.1. The second-order valence-electron chi connectivity index (χ2n) is 16.6. The minimum atomic E-state index is -1.33. The Morgan fingerprint density at radius 2 is 1.51 bits per heavy atom. The van der Waals surface area contributed by atoms with Crippen LogP contribution >= 0.6 is 35.3 Å². The zero-order valence-corrected chi connectivity index (χ0v) is 39.2. The first-order chi connectivity index (χ1) is 34.1. The fraction of sp³-hybridized carbons (Fsp3) is 0.204. The van der Waals surface area contributed by atoms with Crippen molar-refractivity contribution in [2.75, 3.05) is 49.2 Å². The predicted octanol–water partition coefficient (Wildman–Crippen LogP) is 4.83. The normalized spacial score (nSPS) is 16.9. The van der Waals surface area contributed by atoms with E-state index in [1.54, 1.807) is 29.2 Å². The van der Waals surface area contributed by atoms with Gasteiger partial charge < -0.3 is 44.4 Å². The Hall–Kier alpha value is -7.82. The van der Waals surface area contributed by atoms with Gasteiger partial charge in [0.15, 0.2) is 22.2 Å². The summed E-state index contributed by atoms with van der Waals surface area (Å²) in [5.74, 6) is -4.41. The zero-order valence-electron chi connectivity index (χ0n) is 36.8. The Balaban J connectivity index is 0.738. The number of carboxylic acids is 2. The summed E-state index contributed by atoms with van der Waals surface area (Å²) in [6.45, 7) is 0.686. The molecule has 22 heteroatoms. The lowest BCUT2D eigenvalue weighted by atomic mass is 9.91. The maximum Gasteiger partial charge on any atom is 0.352 e. The van der Waals surface area contributed by atoms with Crippen LogP contribution in [-0.4, -0.2) is 136 Å². The summed E-state index contributed by atoms with van der Waals surface area (Å²) in [5.41, 5.74) is 1.60. The number of rotatable bonds is 12. The summed E-state index contributed by atoms with van der Waals surface area (Å²) in [7, 11) is 0. The van der Waals surface area contributed by atoms with E-state index in [0.717, 1.165) is 16.7 Å². The van der Waals surface area contributed by atoms with Gasteiger partial charge in [-0.1, -0.05) is 6.07 Å². The molecule has 5 aliphatic heterocycles. The molecule has 2 atom stereocenters. The molecule has 7 aliphatic rings. The van der Waals surface area contributed by atoms with Crippen molar-refractivity contribution in [1.82, 2.24) is 25.0 Å². The Kier molecular flexibility index (Phi) is 12.4. The highest BCUT2D eigenvalue weighted by Crippen LogP contribution is 2.44. The van der Waals surface area contributed by atoms with Crippen molar-refractivity contribution < 1.29 is 58.0 Å². The molecule has 0 radical (unpaired) electrons. The average Bonchev–Trinajstić information content (AvgIpc) is 3.35. The molecule has 3 aromatic rings. The van der Waals surface area contributed by atoms with Crippen LogP contribution in [0.4, 0.5) is 0 Å². The lowest BCUT2D eigenvalue weighted by Crippen LogP contribution is -2.70. The summed E-state index contributed by atoms with van der Waals surface area (Å²) in [5, 5.41) is 43.9. The number of aliphatic carboxylic acids is 1. The number of carbonyl (C=O) groups is 6. The monoisotopic (exact) mass is 1020 g/mol. The van der Waals surface area contributed by atoms with Crippen molar-refractivity contribution >= 4 is 92.9 Å². The van der Waals surface area contributed by atoms with Crippen LogP contribution in [0.3, 0.4) is 0 Å². The summed E-state index contributed by atoms with van der Waals surface area (Å²) in [6.07, 6.45) is 0. The Bertz CT molecular complexity index is 3510. The third-order valence-electron chi connectivity index (χ3n) is 12.2.